The molecule has 0 saturated heterocycles. The van der Waals surface area contributed by atoms with Gasteiger partial charge in [-0.15, -0.1) is 11.8 Å². The smallest absolute Gasteiger partial charge is 0.272 e. The van der Waals surface area contributed by atoms with Gasteiger partial charge < -0.3 is 5.32 Å². The van der Waals surface area contributed by atoms with Crippen LogP contribution in [-0.2, 0) is 0 Å². The van der Waals surface area contributed by atoms with Crippen LogP contribution in [0.2, 0.25) is 0 Å². The van der Waals surface area contributed by atoms with Crippen LogP contribution in [0.25, 0.3) is 0 Å². The van der Waals surface area contributed by atoms with E-state index in [-0.39, 0.29) is 22.5 Å². The van der Waals surface area contributed by atoms with Crippen molar-refractivity contribution in [3.05, 3.63) is 63.5 Å². The summed E-state index contributed by atoms with van der Waals surface area (Å²) in [5.41, 5.74) is 2.48. The molecule has 0 aliphatic carbocycles. The molecule has 3 rings (SSSR count). The average Bonchev–Trinajstić information content (AvgIpc) is 2.47. The zero-order valence-corrected chi connectivity index (χ0v) is 12.8. The summed E-state index contributed by atoms with van der Waals surface area (Å²) in [4.78, 5) is 11.6. The fourth-order valence-corrected chi connectivity index (χ4v) is 3.77. The summed E-state index contributed by atoms with van der Waals surface area (Å²) in [5, 5.41) is 14.2. The van der Waals surface area contributed by atoms with Crippen LogP contribution in [0.15, 0.2) is 41.3 Å². The predicted octanol–water partition coefficient (Wildman–Crippen LogP) is 4.69. The van der Waals surface area contributed by atoms with Crippen LogP contribution < -0.4 is 5.32 Å². The number of halogens is 1. The van der Waals surface area contributed by atoms with E-state index in [1.165, 1.54) is 12.1 Å². The maximum Gasteiger partial charge on any atom is 0.272 e. The van der Waals surface area contributed by atoms with Crippen molar-refractivity contribution in [1.82, 2.24) is 0 Å². The lowest BCUT2D eigenvalue weighted by Gasteiger charge is -2.27. The van der Waals surface area contributed by atoms with Gasteiger partial charge in [0.2, 0.25) is 0 Å². The summed E-state index contributed by atoms with van der Waals surface area (Å²) < 4.78 is 13.5. The van der Waals surface area contributed by atoms with Gasteiger partial charge in [0.15, 0.2) is 0 Å². The molecule has 0 bridgehead atoms. The Kier molecular flexibility index (Phi) is 4.02. The van der Waals surface area contributed by atoms with Crippen molar-refractivity contribution in [3.63, 3.8) is 0 Å². The lowest BCUT2D eigenvalue weighted by atomic mass is 10.0. The summed E-state index contributed by atoms with van der Waals surface area (Å²) in [6.07, 6.45) is 0.886. The minimum Gasteiger partial charge on any atom is -0.378 e. The number of hydrogen-bond donors (Lipinski definition) is 1. The number of nitrogens with zero attached hydrogens (tertiary/aromatic N) is 1. The van der Waals surface area contributed by atoms with Gasteiger partial charge in [-0.25, -0.2) is 4.39 Å². The van der Waals surface area contributed by atoms with Crippen LogP contribution in [0.1, 0.15) is 23.6 Å². The number of fused-ring (bicyclic) bond motifs is 1. The zero-order chi connectivity index (χ0) is 15.7. The van der Waals surface area contributed by atoms with Crippen molar-refractivity contribution in [2.75, 3.05) is 11.1 Å². The Hall–Kier alpha value is -2.08. The number of anilines is 1. The molecule has 1 aliphatic heterocycles. The van der Waals surface area contributed by atoms with Gasteiger partial charge in [0.25, 0.3) is 5.69 Å². The molecule has 6 heteroatoms. The van der Waals surface area contributed by atoms with Gasteiger partial charge in [-0.3, -0.25) is 10.1 Å². The monoisotopic (exact) mass is 318 g/mol. The molecule has 4 nitrogen and oxygen atoms in total. The third kappa shape index (κ3) is 2.92. The normalized spacial score (nSPS) is 16.9. The highest BCUT2D eigenvalue weighted by Crippen LogP contribution is 2.38. The maximum atomic E-state index is 13.5. The number of nitro benzene ring substituents is 1. The van der Waals surface area contributed by atoms with Crippen molar-refractivity contribution in [2.24, 2.45) is 0 Å². The Balaban J connectivity index is 1.87. The van der Waals surface area contributed by atoms with Crippen LogP contribution in [-0.4, -0.2) is 10.7 Å². The van der Waals surface area contributed by atoms with Crippen molar-refractivity contribution < 1.29 is 9.31 Å². The minimum atomic E-state index is -0.388. The third-order valence-corrected chi connectivity index (χ3v) is 4.87. The second kappa shape index (κ2) is 5.96. The molecule has 0 spiro atoms. The van der Waals surface area contributed by atoms with Gasteiger partial charge in [0, 0.05) is 28.0 Å². The predicted molar refractivity (Wildman–Crippen MR) is 85.9 cm³/mol. The second-order valence-electron chi connectivity index (χ2n) is 5.27. The average molecular weight is 318 g/mol. The summed E-state index contributed by atoms with van der Waals surface area (Å²) in [7, 11) is 0. The first-order chi connectivity index (χ1) is 10.5. The van der Waals surface area contributed by atoms with E-state index in [1.807, 2.05) is 6.07 Å². The van der Waals surface area contributed by atoms with Crippen LogP contribution in [0.5, 0.6) is 0 Å². The van der Waals surface area contributed by atoms with E-state index in [9.17, 15) is 14.5 Å². The van der Waals surface area contributed by atoms with Gasteiger partial charge in [-0.1, -0.05) is 0 Å². The lowest BCUT2D eigenvalue weighted by Crippen LogP contribution is -2.16. The molecule has 0 aromatic heterocycles. The van der Waals surface area contributed by atoms with E-state index in [0.29, 0.717) is 5.56 Å². The Morgan fingerprint density at radius 2 is 2.14 bits per heavy atom. The van der Waals surface area contributed by atoms with E-state index < -0.39 is 0 Å². The Morgan fingerprint density at radius 3 is 2.86 bits per heavy atom. The highest BCUT2D eigenvalue weighted by atomic mass is 32.2. The summed E-state index contributed by atoms with van der Waals surface area (Å²) in [5.74, 6) is 0.718. The fraction of sp³-hybridized carbons (Fsp3) is 0.250. The largest absolute Gasteiger partial charge is 0.378 e. The molecule has 0 amide bonds. The van der Waals surface area contributed by atoms with E-state index in [2.05, 4.69) is 5.32 Å². The van der Waals surface area contributed by atoms with Crippen LogP contribution in [0.4, 0.5) is 15.8 Å². The second-order valence-corrected chi connectivity index (χ2v) is 6.41. The number of nitrogens with one attached hydrogen (secondary N) is 1. The summed E-state index contributed by atoms with van der Waals surface area (Å²) in [6.45, 7) is 1.72. The molecule has 2 aromatic rings. The van der Waals surface area contributed by atoms with Gasteiger partial charge in [0.1, 0.15) is 5.82 Å². The first-order valence-corrected chi connectivity index (χ1v) is 7.97. The standard InChI is InChI=1S/C16H15FN2O2S/c1-10-8-12(3-4-15(10)19(20)21)18-14-6-7-22-16-5-2-11(17)9-13(14)16/h2-5,8-9,14,18H,6-7H2,1H3. The topological polar surface area (TPSA) is 55.2 Å². The molecule has 22 heavy (non-hydrogen) atoms. The molecule has 2 aromatic carbocycles. The van der Waals surface area contributed by atoms with E-state index in [0.717, 1.165) is 28.3 Å². The molecule has 1 N–H and O–H groups in total. The molecule has 0 radical (unpaired) electrons. The van der Waals surface area contributed by atoms with Gasteiger partial charge >= 0.3 is 0 Å². The number of hydrogen-bond acceptors (Lipinski definition) is 4. The fourth-order valence-electron chi connectivity index (χ4n) is 2.67. The van der Waals surface area contributed by atoms with Gasteiger partial charge in [-0.05, 0) is 49.2 Å². The number of aryl methyl sites for hydroxylation is 1. The summed E-state index contributed by atoms with van der Waals surface area (Å²) in [6, 6.07) is 9.84. The van der Waals surface area contributed by atoms with E-state index in [4.69, 9.17) is 0 Å². The van der Waals surface area contributed by atoms with E-state index >= 15 is 0 Å². The van der Waals surface area contributed by atoms with Crippen LogP contribution >= 0.6 is 11.8 Å². The van der Waals surface area contributed by atoms with Crippen LogP contribution in [0, 0.1) is 22.9 Å². The van der Waals surface area contributed by atoms with Crippen molar-refractivity contribution in [1.29, 1.82) is 0 Å². The Bertz CT molecular complexity index is 736. The number of benzene rings is 2. The first-order valence-electron chi connectivity index (χ1n) is 6.98. The molecular formula is C16H15FN2O2S. The lowest BCUT2D eigenvalue weighted by molar-refractivity contribution is -0.385. The maximum absolute atomic E-state index is 13.5. The SMILES string of the molecule is Cc1cc(NC2CCSc3ccc(F)cc32)ccc1[N+](=O)[O-]. The third-order valence-electron chi connectivity index (χ3n) is 3.75. The number of thioether (sulfide) groups is 1. The molecule has 0 fully saturated rings. The Labute approximate surface area is 131 Å². The molecule has 1 heterocycles. The number of rotatable bonds is 3. The summed E-state index contributed by atoms with van der Waals surface area (Å²) >= 11 is 1.73. The number of nitro groups is 1. The first kappa shape index (κ1) is 14.8. The zero-order valence-electron chi connectivity index (χ0n) is 12.0. The van der Waals surface area contributed by atoms with E-state index in [1.54, 1.807) is 36.9 Å². The van der Waals surface area contributed by atoms with Gasteiger partial charge in [0.05, 0.1) is 11.0 Å². The van der Waals surface area contributed by atoms with Crippen molar-refractivity contribution in [3.8, 4) is 0 Å². The molecule has 1 unspecified atom stereocenters. The van der Waals surface area contributed by atoms with Gasteiger partial charge in [-0.2, -0.15) is 0 Å². The molecular weight excluding hydrogens is 303 g/mol. The molecule has 0 saturated carbocycles. The highest BCUT2D eigenvalue weighted by molar-refractivity contribution is 7.99. The molecule has 114 valence electrons. The highest BCUT2D eigenvalue weighted by Gasteiger charge is 2.21. The van der Waals surface area contributed by atoms with Crippen molar-refractivity contribution >= 4 is 23.1 Å². The quantitative estimate of drug-likeness (QED) is 0.659. The Morgan fingerprint density at radius 1 is 1.32 bits per heavy atom. The van der Waals surface area contributed by atoms with Crippen molar-refractivity contribution in [2.45, 2.75) is 24.3 Å². The molecule has 1 aliphatic rings. The van der Waals surface area contributed by atoms with Crippen LogP contribution in [0.3, 0.4) is 0 Å². The minimum absolute atomic E-state index is 0.0211. The molecule has 1 atom stereocenters.